The number of benzene rings is 2. The zero-order valence-corrected chi connectivity index (χ0v) is 15.6. The van der Waals surface area contributed by atoms with Gasteiger partial charge in [0.1, 0.15) is 5.82 Å². The van der Waals surface area contributed by atoms with Gasteiger partial charge in [0.05, 0.1) is 18.7 Å². The van der Waals surface area contributed by atoms with Crippen LogP contribution in [-0.2, 0) is 17.8 Å². The number of rotatable bonds is 5. The summed E-state index contributed by atoms with van der Waals surface area (Å²) in [6.07, 6.45) is 2.32. The van der Waals surface area contributed by atoms with E-state index in [-0.39, 0.29) is 11.7 Å². The summed E-state index contributed by atoms with van der Waals surface area (Å²) in [6, 6.07) is 16.0. The summed E-state index contributed by atoms with van der Waals surface area (Å²) < 4.78 is 15.1. The number of nitrogens with zero attached hydrogens (tertiary/aromatic N) is 2. The molecule has 4 nitrogen and oxygen atoms in total. The Kier molecular flexibility index (Phi) is 4.73. The van der Waals surface area contributed by atoms with Crippen LogP contribution in [0.3, 0.4) is 0 Å². The highest BCUT2D eigenvalue weighted by Gasteiger charge is 2.13. The number of fused-ring (bicyclic) bond motifs is 1. The second kappa shape index (κ2) is 7.32. The molecule has 0 atom stereocenters. The van der Waals surface area contributed by atoms with E-state index in [0.29, 0.717) is 13.0 Å². The van der Waals surface area contributed by atoms with E-state index in [0.717, 1.165) is 32.4 Å². The van der Waals surface area contributed by atoms with Crippen molar-refractivity contribution in [2.45, 2.75) is 19.9 Å². The number of carbonyl (C=O) groups is 1. The molecule has 0 bridgehead atoms. The average molecular weight is 379 g/mol. The van der Waals surface area contributed by atoms with Gasteiger partial charge in [-0.05, 0) is 36.8 Å². The topological polar surface area (TPSA) is 46.4 Å². The summed E-state index contributed by atoms with van der Waals surface area (Å²) >= 11 is 1.55. The molecular weight excluding hydrogens is 361 g/mol. The molecule has 0 aliphatic heterocycles. The van der Waals surface area contributed by atoms with Crippen LogP contribution < -0.4 is 5.32 Å². The Morgan fingerprint density at radius 3 is 2.59 bits per heavy atom. The van der Waals surface area contributed by atoms with E-state index in [1.807, 2.05) is 47.9 Å². The number of imidazole rings is 1. The van der Waals surface area contributed by atoms with Crippen molar-refractivity contribution in [1.29, 1.82) is 0 Å². The lowest BCUT2D eigenvalue weighted by Crippen LogP contribution is -2.24. The smallest absolute Gasteiger partial charge is 0.224 e. The number of hydrogen-bond acceptors (Lipinski definition) is 3. The lowest BCUT2D eigenvalue weighted by Gasteiger charge is -2.05. The zero-order chi connectivity index (χ0) is 18.8. The molecule has 0 unspecified atom stereocenters. The van der Waals surface area contributed by atoms with E-state index in [2.05, 4.69) is 10.3 Å². The van der Waals surface area contributed by atoms with E-state index < -0.39 is 0 Å². The molecule has 0 saturated heterocycles. The van der Waals surface area contributed by atoms with Crippen molar-refractivity contribution in [2.75, 3.05) is 0 Å². The lowest BCUT2D eigenvalue weighted by atomic mass is 10.1. The summed E-state index contributed by atoms with van der Waals surface area (Å²) in [7, 11) is 0. The molecule has 136 valence electrons. The standard InChI is InChI=1S/C21H18FN3OS/c1-14-19(12-23-20(26)11-15-5-3-2-4-6-15)27-21-24-18(13-25(14)21)16-7-9-17(22)10-8-16/h2-10,13H,11-12H2,1H3,(H,23,26). The normalized spacial score (nSPS) is 11.0. The van der Waals surface area contributed by atoms with Gasteiger partial charge in [0, 0.05) is 22.3 Å². The number of carbonyl (C=O) groups excluding carboxylic acids is 1. The van der Waals surface area contributed by atoms with E-state index >= 15 is 0 Å². The highest BCUT2D eigenvalue weighted by Crippen LogP contribution is 2.27. The third-order valence-corrected chi connectivity index (χ3v) is 5.60. The van der Waals surface area contributed by atoms with Gasteiger partial charge in [0.2, 0.25) is 5.91 Å². The lowest BCUT2D eigenvalue weighted by molar-refractivity contribution is -0.120. The number of thiazole rings is 1. The van der Waals surface area contributed by atoms with Crippen molar-refractivity contribution in [3.63, 3.8) is 0 Å². The maximum Gasteiger partial charge on any atom is 0.224 e. The number of amides is 1. The molecule has 0 fully saturated rings. The van der Waals surface area contributed by atoms with Crippen molar-refractivity contribution in [2.24, 2.45) is 0 Å². The number of hydrogen-bond donors (Lipinski definition) is 1. The van der Waals surface area contributed by atoms with Crippen LogP contribution in [0.4, 0.5) is 4.39 Å². The minimum absolute atomic E-state index is 0.00126. The van der Waals surface area contributed by atoms with Crippen LogP contribution in [0.25, 0.3) is 16.2 Å². The van der Waals surface area contributed by atoms with Gasteiger partial charge < -0.3 is 5.32 Å². The minimum Gasteiger partial charge on any atom is -0.351 e. The molecular formula is C21H18FN3OS. The quantitative estimate of drug-likeness (QED) is 0.560. The Morgan fingerprint density at radius 2 is 1.89 bits per heavy atom. The fourth-order valence-electron chi connectivity index (χ4n) is 2.94. The molecule has 2 heterocycles. The summed E-state index contributed by atoms with van der Waals surface area (Å²) in [6.45, 7) is 2.50. The Labute approximate surface area is 160 Å². The summed E-state index contributed by atoms with van der Waals surface area (Å²) in [5, 5.41) is 2.98. The molecule has 6 heteroatoms. The largest absolute Gasteiger partial charge is 0.351 e. The Morgan fingerprint density at radius 1 is 1.15 bits per heavy atom. The molecule has 1 N–H and O–H groups in total. The van der Waals surface area contributed by atoms with Crippen molar-refractivity contribution in [3.8, 4) is 11.3 Å². The van der Waals surface area contributed by atoms with Gasteiger partial charge in [0.25, 0.3) is 0 Å². The van der Waals surface area contributed by atoms with Crippen molar-refractivity contribution in [3.05, 3.63) is 82.7 Å². The highest BCUT2D eigenvalue weighted by molar-refractivity contribution is 7.17. The minimum atomic E-state index is -0.260. The Bertz CT molecular complexity index is 1080. The Balaban J connectivity index is 1.47. The van der Waals surface area contributed by atoms with Gasteiger partial charge in [0.15, 0.2) is 4.96 Å². The molecule has 1 amide bonds. The van der Waals surface area contributed by atoms with Crippen molar-refractivity contribution < 1.29 is 9.18 Å². The van der Waals surface area contributed by atoms with Crippen LogP contribution in [0.1, 0.15) is 16.1 Å². The average Bonchev–Trinajstić information content (AvgIpc) is 3.21. The first-order chi connectivity index (χ1) is 13.1. The molecule has 2 aromatic carbocycles. The van der Waals surface area contributed by atoms with E-state index in [4.69, 9.17) is 0 Å². The van der Waals surface area contributed by atoms with Gasteiger partial charge >= 0.3 is 0 Å². The third-order valence-electron chi connectivity index (χ3n) is 4.45. The van der Waals surface area contributed by atoms with Crippen LogP contribution in [0.15, 0.2) is 60.8 Å². The predicted octanol–water partition coefficient (Wildman–Crippen LogP) is 4.37. The first-order valence-electron chi connectivity index (χ1n) is 8.64. The number of halogens is 1. The van der Waals surface area contributed by atoms with Crippen LogP contribution in [0.5, 0.6) is 0 Å². The first-order valence-corrected chi connectivity index (χ1v) is 9.46. The van der Waals surface area contributed by atoms with Gasteiger partial charge in [-0.3, -0.25) is 9.20 Å². The van der Waals surface area contributed by atoms with E-state index in [9.17, 15) is 9.18 Å². The van der Waals surface area contributed by atoms with Gasteiger partial charge in [-0.25, -0.2) is 9.37 Å². The van der Waals surface area contributed by atoms with Gasteiger partial charge in [-0.1, -0.05) is 41.7 Å². The molecule has 4 rings (SSSR count). The molecule has 0 aliphatic carbocycles. The summed E-state index contributed by atoms with van der Waals surface area (Å²) in [5.74, 6) is -0.261. The second-order valence-corrected chi connectivity index (χ2v) is 7.40. The molecule has 27 heavy (non-hydrogen) atoms. The summed E-state index contributed by atoms with van der Waals surface area (Å²) in [5.41, 5.74) is 3.74. The monoisotopic (exact) mass is 379 g/mol. The summed E-state index contributed by atoms with van der Waals surface area (Å²) in [4.78, 5) is 18.7. The predicted molar refractivity (Wildman–Crippen MR) is 105 cm³/mol. The number of aryl methyl sites for hydroxylation is 1. The zero-order valence-electron chi connectivity index (χ0n) is 14.8. The molecule has 0 saturated carbocycles. The highest BCUT2D eigenvalue weighted by atomic mass is 32.1. The third kappa shape index (κ3) is 3.75. The molecule has 0 spiro atoms. The van der Waals surface area contributed by atoms with Gasteiger partial charge in [-0.2, -0.15) is 0 Å². The van der Waals surface area contributed by atoms with Crippen LogP contribution in [0, 0.1) is 12.7 Å². The van der Waals surface area contributed by atoms with Gasteiger partial charge in [-0.15, -0.1) is 0 Å². The molecule has 0 radical (unpaired) electrons. The Hall–Kier alpha value is -2.99. The second-order valence-electron chi connectivity index (χ2n) is 6.34. The fourth-order valence-corrected chi connectivity index (χ4v) is 3.98. The maximum atomic E-state index is 13.1. The van der Waals surface area contributed by atoms with Crippen LogP contribution >= 0.6 is 11.3 Å². The fraction of sp³-hybridized carbons (Fsp3) is 0.143. The van der Waals surface area contributed by atoms with Crippen molar-refractivity contribution in [1.82, 2.24) is 14.7 Å². The number of aromatic nitrogens is 2. The van der Waals surface area contributed by atoms with E-state index in [1.165, 1.54) is 12.1 Å². The molecule has 4 aromatic rings. The molecule has 0 aliphatic rings. The SMILES string of the molecule is Cc1c(CNC(=O)Cc2ccccc2)sc2nc(-c3ccc(F)cc3)cn12. The van der Waals surface area contributed by atoms with Crippen LogP contribution in [-0.4, -0.2) is 15.3 Å². The van der Waals surface area contributed by atoms with Crippen molar-refractivity contribution >= 4 is 22.2 Å². The van der Waals surface area contributed by atoms with E-state index in [1.54, 1.807) is 23.5 Å². The van der Waals surface area contributed by atoms with Crippen LogP contribution in [0.2, 0.25) is 0 Å². The molecule has 2 aromatic heterocycles. The first kappa shape index (κ1) is 17.4. The maximum absolute atomic E-state index is 13.1. The number of nitrogens with one attached hydrogen (secondary N) is 1.